The number of nitriles is 1. The van der Waals surface area contributed by atoms with E-state index in [0.717, 1.165) is 15.7 Å². The first-order valence-electron chi connectivity index (χ1n) is 9.17. The Morgan fingerprint density at radius 1 is 1.35 bits per heavy atom. The zero-order valence-electron chi connectivity index (χ0n) is 16.3. The third-order valence-electron chi connectivity index (χ3n) is 4.95. The largest absolute Gasteiger partial charge is 0.489 e. The van der Waals surface area contributed by atoms with Crippen molar-refractivity contribution in [1.29, 1.82) is 5.26 Å². The lowest BCUT2D eigenvalue weighted by Crippen LogP contribution is -2.21. The fourth-order valence-corrected chi connectivity index (χ4v) is 3.84. The second-order valence-electron chi connectivity index (χ2n) is 6.89. The number of aromatic amines is 1. The number of hydrogen-bond acceptors (Lipinski definition) is 7. The molecular weight excluding hydrogens is 466 g/mol. The van der Waals surface area contributed by atoms with Gasteiger partial charge in [-0.15, -0.1) is 5.10 Å². The molecule has 4 rings (SSSR count). The number of nitrogens with zero attached hydrogens (tertiary/aromatic N) is 3. The average Bonchev–Trinajstić information content (AvgIpc) is 3.12. The predicted octanol–water partition coefficient (Wildman–Crippen LogP) is 4.19. The maximum Gasteiger partial charge on any atom is 0.269 e. The van der Waals surface area contributed by atoms with E-state index >= 15 is 0 Å². The molecule has 0 saturated heterocycles. The number of allylic oxidation sites excluding steroid dienone is 1. The summed E-state index contributed by atoms with van der Waals surface area (Å²) in [6.07, 6.45) is 0. The average molecular weight is 482 g/mol. The fourth-order valence-electron chi connectivity index (χ4n) is 3.46. The Hall–Kier alpha value is -3.84. The molecule has 31 heavy (non-hydrogen) atoms. The van der Waals surface area contributed by atoms with Crippen molar-refractivity contribution in [3.8, 4) is 17.7 Å². The van der Waals surface area contributed by atoms with E-state index < -0.39 is 10.8 Å². The highest BCUT2D eigenvalue weighted by Gasteiger charge is 2.36. The number of nitrogens with two attached hydrogens (primary N) is 1. The molecule has 2 aromatic carbocycles. The number of nitro groups is 1. The number of nitro benzene ring substituents is 1. The molecule has 3 aromatic rings. The van der Waals surface area contributed by atoms with E-state index in [2.05, 4.69) is 32.2 Å². The number of nitrogens with one attached hydrogen (secondary N) is 1. The second-order valence-corrected chi connectivity index (χ2v) is 7.80. The van der Waals surface area contributed by atoms with Crippen molar-refractivity contribution >= 4 is 21.6 Å². The molecule has 3 N–H and O–H groups in total. The number of fused-ring (bicyclic) bond motifs is 1. The molecular formula is C21H16BrN5O4. The maximum absolute atomic E-state index is 10.8. The van der Waals surface area contributed by atoms with Crippen LogP contribution >= 0.6 is 15.9 Å². The van der Waals surface area contributed by atoms with E-state index in [-0.39, 0.29) is 23.8 Å². The molecule has 10 heteroatoms. The van der Waals surface area contributed by atoms with Crippen LogP contribution in [-0.4, -0.2) is 15.1 Å². The minimum absolute atomic E-state index is 0.00667. The van der Waals surface area contributed by atoms with E-state index in [1.54, 1.807) is 18.2 Å². The molecule has 0 saturated carbocycles. The van der Waals surface area contributed by atoms with Gasteiger partial charge in [-0.1, -0.05) is 15.9 Å². The van der Waals surface area contributed by atoms with Crippen LogP contribution in [0.15, 0.2) is 58.4 Å². The number of hydrogen-bond donors (Lipinski definition) is 2. The van der Waals surface area contributed by atoms with Crippen molar-refractivity contribution in [3.05, 3.63) is 90.9 Å². The van der Waals surface area contributed by atoms with Gasteiger partial charge in [0, 0.05) is 33.4 Å². The molecule has 0 amide bonds. The number of halogens is 1. The number of aryl methyl sites for hydroxylation is 1. The molecule has 2 heterocycles. The summed E-state index contributed by atoms with van der Waals surface area (Å²) in [5, 5.41) is 27.6. The summed E-state index contributed by atoms with van der Waals surface area (Å²) >= 11 is 3.48. The molecule has 0 bridgehead atoms. The number of H-pyrrole nitrogens is 1. The number of rotatable bonds is 5. The third-order valence-corrected chi connectivity index (χ3v) is 5.45. The van der Waals surface area contributed by atoms with Gasteiger partial charge in [0.2, 0.25) is 11.8 Å². The highest BCUT2D eigenvalue weighted by Crippen LogP contribution is 2.46. The van der Waals surface area contributed by atoms with E-state index in [1.807, 2.05) is 19.1 Å². The third kappa shape index (κ3) is 3.83. The molecule has 0 unspecified atom stereocenters. The van der Waals surface area contributed by atoms with Gasteiger partial charge < -0.3 is 15.2 Å². The van der Waals surface area contributed by atoms with Crippen molar-refractivity contribution in [2.45, 2.75) is 19.4 Å². The monoisotopic (exact) mass is 481 g/mol. The molecule has 1 aliphatic rings. The minimum Gasteiger partial charge on any atom is -0.489 e. The quantitative estimate of drug-likeness (QED) is 0.411. The SMILES string of the molecule is Cc1[nH]nc2c1[C@H](c1cc(Br)ccc1OCc1ccc([N+](=O)[O-])cc1)C(C#N)=C(N)O2. The number of non-ortho nitro benzene ring substituents is 1. The Labute approximate surface area is 185 Å². The molecule has 0 aliphatic carbocycles. The lowest BCUT2D eigenvalue weighted by molar-refractivity contribution is -0.384. The van der Waals surface area contributed by atoms with E-state index in [1.165, 1.54) is 12.1 Å². The molecule has 156 valence electrons. The summed E-state index contributed by atoms with van der Waals surface area (Å²) in [6, 6.07) is 13.8. The Morgan fingerprint density at radius 2 is 2.10 bits per heavy atom. The van der Waals surface area contributed by atoms with Gasteiger partial charge in [0.05, 0.1) is 10.8 Å². The highest BCUT2D eigenvalue weighted by molar-refractivity contribution is 9.10. The van der Waals surface area contributed by atoms with E-state index in [0.29, 0.717) is 22.8 Å². The molecule has 1 atom stereocenters. The highest BCUT2D eigenvalue weighted by atomic mass is 79.9. The van der Waals surface area contributed by atoms with Gasteiger partial charge in [0.15, 0.2) is 0 Å². The summed E-state index contributed by atoms with van der Waals surface area (Å²) in [4.78, 5) is 10.4. The van der Waals surface area contributed by atoms with Gasteiger partial charge in [-0.2, -0.15) is 5.26 Å². The first-order valence-corrected chi connectivity index (χ1v) is 9.96. The zero-order valence-corrected chi connectivity index (χ0v) is 17.8. The molecule has 9 nitrogen and oxygen atoms in total. The van der Waals surface area contributed by atoms with Crippen LogP contribution in [0.2, 0.25) is 0 Å². The Morgan fingerprint density at radius 3 is 2.77 bits per heavy atom. The Kier molecular flexibility index (Phi) is 5.35. The van der Waals surface area contributed by atoms with E-state index in [9.17, 15) is 15.4 Å². The number of benzene rings is 2. The molecule has 0 spiro atoms. The Bertz CT molecular complexity index is 1240. The summed E-state index contributed by atoms with van der Waals surface area (Å²) in [5.74, 6) is 0.325. The van der Waals surface area contributed by atoms with Gasteiger partial charge in [-0.25, -0.2) is 0 Å². The smallest absolute Gasteiger partial charge is 0.269 e. The standard InChI is InChI=1S/C21H16BrN5O4/c1-11-18-19(16(9-23)20(24)31-21(18)26-25-11)15-8-13(22)4-7-17(15)30-10-12-2-5-14(6-3-12)27(28)29/h2-8,19H,10,24H2,1H3,(H,25,26)/t19-/m1/s1. The van der Waals surface area contributed by atoms with Crippen LogP contribution in [0.25, 0.3) is 0 Å². The predicted molar refractivity (Wildman–Crippen MR) is 114 cm³/mol. The van der Waals surface area contributed by atoms with Crippen LogP contribution < -0.4 is 15.2 Å². The summed E-state index contributed by atoms with van der Waals surface area (Å²) < 4.78 is 12.4. The van der Waals surface area contributed by atoms with Crippen molar-refractivity contribution in [2.75, 3.05) is 0 Å². The van der Waals surface area contributed by atoms with Crippen LogP contribution in [0.1, 0.15) is 28.3 Å². The van der Waals surface area contributed by atoms with Crippen LogP contribution in [0.5, 0.6) is 11.6 Å². The van der Waals surface area contributed by atoms with Gasteiger partial charge in [0.25, 0.3) is 5.69 Å². The zero-order chi connectivity index (χ0) is 22.1. The van der Waals surface area contributed by atoms with Gasteiger partial charge in [0.1, 0.15) is 24.0 Å². The van der Waals surface area contributed by atoms with Crippen LogP contribution in [0.4, 0.5) is 5.69 Å². The van der Waals surface area contributed by atoms with Gasteiger partial charge >= 0.3 is 0 Å². The van der Waals surface area contributed by atoms with Crippen LogP contribution in [0, 0.1) is 28.4 Å². The molecule has 1 aliphatic heterocycles. The molecule has 0 radical (unpaired) electrons. The van der Waals surface area contributed by atoms with Crippen LogP contribution in [-0.2, 0) is 6.61 Å². The summed E-state index contributed by atoms with van der Waals surface area (Å²) in [5.41, 5.74) is 9.22. The second kappa shape index (κ2) is 8.12. The van der Waals surface area contributed by atoms with Crippen LogP contribution in [0.3, 0.4) is 0 Å². The first-order chi connectivity index (χ1) is 14.9. The fraction of sp³-hybridized carbons (Fsp3) is 0.143. The topological polar surface area (TPSA) is 140 Å². The Balaban J connectivity index is 1.73. The van der Waals surface area contributed by atoms with Crippen molar-refractivity contribution < 1.29 is 14.4 Å². The lowest BCUT2D eigenvalue weighted by Gasteiger charge is -2.25. The van der Waals surface area contributed by atoms with Gasteiger partial charge in [-0.3, -0.25) is 15.2 Å². The maximum atomic E-state index is 10.8. The number of aromatic nitrogens is 2. The van der Waals surface area contributed by atoms with Crippen molar-refractivity contribution in [1.82, 2.24) is 10.2 Å². The minimum atomic E-state index is -0.531. The van der Waals surface area contributed by atoms with E-state index in [4.69, 9.17) is 15.2 Å². The summed E-state index contributed by atoms with van der Waals surface area (Å²) in [6.45, 7) is 2.03. The lowest BCUT2D eigenvalue weighted by atomic mass is 9.83. The van der Waals surface area contributed by atoms with Crippen molar-refractivity contribution in [3.63, 3.8) is 0 Å². The number of ether oxygens (including phenoxy) is 2. The molecule has 0 fully saturated rings. The first kappa shape index (κ1) is 20.4. The van der Waals surface area contributed by atoms with Crippen molar-refractivity contribution in [2.24, 2.45) is 5.73 Å². The summed E-state index contributed by atoms with van der Waals surface area (Å²) in [7, 11) is 0. The molecule has 1 aromatic heterocycles. The normalized spacial score (nSPS) is 15.1. The van der Waals surface area contributed by atoms with Gasteiger partial charge in [-0.05, 0) is 42.8 Å².